The molecule has 0 radical (unpaired) electrons. The van der Waals surface area contributed by atoms with Gasteiger partial charge < -0.3 is 4.74 Å². The van der Waals surface area contributed by atoms with Crippen LogP contribution >= 0.6 is 11.6 Å². The molecule has 21 heavy (non-hydrogen) atoms. The molecule has 0 fully saturated rings. The normalized spacial score (nSPS) is 11.5. The molecule has 0 aliphatic rings. The first kappa shape index (κ1) is 15.8. The second-order valence-electron chi connectivity index (χ2n) is 5.05. The van der Waals surface area contributed by atoms with Gasteiger partial charge in [0.05, 0.1) is 0 Å². The van der Waals surface area contributed by atoms with Crippen molar-refractivity contribution in [1.82, 2.24) is 0 Å². The minimum Gasteiger partial charge on any atom is -0.486 e. The molecule has 4 heteroatoms. The van der Waals surface area contributed by atoms with E-state index in [0.29, 0.717) is 11.6 Å². The molecule has 0 saturated carbocycles. The van der Waals surface area contributed by atoms with Crippen LogP contribution in [0.2, 0.25) is 0 Å². The molecule has 2 rings (SSSR count). The van der Waals surface area contributed by atoms with E-state index in [1.807, 2.05) is 26.0 Å². The largest absolute Gasteiger partial charge is 0.486 e. The van der Waals surface area contributed by atoms with E-state index in [1.54, 1.807) is 18.2 Å². The van der Waals surface area contributed by atoms with Crippen LogP contribution in [-0.4, -0.2) is 6.61 Å². The third-order valence-electron chi connectivity index (χ3n) is 3.27. The molecular formula is C17H17ClF2O. The Hall–Kier alpha value is -1.61. The van der Waals surface area contributed by atoms with Crippen molar-refractivity contribution in [2.45, 2.75) is 25.7 Å². The summed E-state index contributed by atoms with van der Waals surface area (Å²) in [5, 5.41) is 0. The average Bonchev–Trinajstić information content (AvgIpc) is 2.47. The quantitative estimate of drug-likeness (QED) is 0.689. The number of aryl methyl sites for hydroxylation is 2. The maximum Gasteiger partial charge on any atom is 0.306 e. The van der Waals surface area contributed by atoms with Gasteiger partial charge in [0.2, 0.25) is 0 Å². The second kappa shape index (κ2) is 6.44. The lowest BCUT2D eigenvalue weighted by Crippen LogP contribution is -2.23. The fourth-order valence-electron chi connectivity index (χ4n) is 2.27. The molecule has 0 aliphatic carbocycles. The molecule has 2 aromatic rings. The molecule has 0 aromatic heterocycles. The van der Waals surface area contributed by atoms with Crippen molar-refractivity contribution in [3.63, 3.8) is 0 Å². The van der Waals surface area contributed by atoms with Crippen molar-refractivity contribution in [3.8, 4) is 5.75 Å². The molecule has 2 aromatic carbocycles. The number of benzene rings is 2. The van der Waals surface area contributed by atoms with Gasteiger partial charge in [-0.25, -0.2) is 0 Å². The van der Waals surface area contributed by atoms with Crippen LogP contribution in [0.15, 0.2) is 42.5 Å². The van der Waals surface area contributed by atoms with Gasteiger partial charge in [-0.1, -0.05) is 42.5 Å². The first-order valence-electron chi connectivity index (χ1n) is 6.66. The molecule has 0 amide bonds. The predicted molar refractivity (Wildman–Crippen MR) is 81.3 cm³/mol. The van der Waals surface area contributed by atoms with E-state index in [-0.39, 0.29) is 5.56 Å². The summed E-state index contributed by atoms with van der Waals surface area (Å²) in [4.78, 5) is 0. The summed E-state index contributed by atoms with van der Waals surface area (Å²) in [5.41, 5.74) is 2.54. The van der Waals surface area contributed by atoms with Crippen molar-refractivity contribution in [2.75, 3.05) is 6.61 Å². The van der Waals surface area contributed by atoms with E-state index in [1.165, 1.54) is 12.1 Å². The molecule has 0 unspecified atom stereocenters. The first-order valence-corrected chi connectivity index (χ1v) is 7.20. The molecule has 0 bridgehead atoms. The highest BCUT2D eigenvalue weighted by molar-refractivity contribution is 6.17. The molecule has 0 spiro atoms. The van der Waals surface area contributed by atoms with Gasteiger partial charge in [0, 0.05) is 11.4 Å². The number of hydrogen-bond acceptors (Lipinski definition) is 1. The lowest BCUT2D eigenvalue weighted by Gasteiger charge is -2.20. The monoisotopic (exact) mass is 310 g/mol. The lowest BCUT2D eigenvalue weighted by atomic mass is 10.1. The zero-order valence-corrected chi connectivity index (χ0v) is 12.8. The topological polar surface area (TPSA) is 9.23 Å². The van der Waals surface area contributed by atoms with Gasteiger partial charge in [-0.3, -0.25) is 0 Å². The molecule has 112 valence electrons. The minimum absolute atomic E-state index is 0.0438. The fourth-order valence-corrected chi connectivity index (χ4v) is 2.43. The summed E-state index contributed by atoms with van der Waals surface area (Å²) in [7, 11) is 0. The van der Waals surface area contributed by atoms with Crippen LogP contribution in [0.5, 0.6) is 5.75 Å². The predicted octanol–water partition coefficient (Wildman–Crippen LogP) is 5.21. The number of ether oxygens (including phenoxy) is 1. The summed E-state index contributed by atoms with van der Waals surface area (Å²) in [6.07, 6.45) is 0. The maximum atomic E-state index is 14.1. The fraction of sp³-hybridized carbons (Fsp3) is 0.294. The molecule has 0 saturated heterocycles. The van der Waals surface area contributed by atoms with Gasteiger partial charge in [-0.15, -0.1) is 11.6 Å². The Balaban J connectivity index is 2.17. The Morgan fingerprint density at radius 3 is 2.14 bits per heavy atom. The van der Waals surface area contributed by atoms with Crippen LogP contribution in [0.4, 0.5) is 8.78 Å². The second-order valence-corrected chi connectivity index (χ2v) is 5.32. The Labute approximate surface area is 128 Å². The van der Waals surface area contributed by atoms with Gasteiger partial charge in [0.15, 0.2) is 6.61 Å². The Morgan fingerprint density at radius 1 is 1.05 bits per heavy atom. The summed E-state index contributed by atoms with van der Waals surface area (Å²) in [5.74, 6) is -2.13. The molecule has 0 atom stereocenters. The third kappa shape index (κ3) is 3.73. The lowest BCUT2D eigenvalue weighted by molar-refractivity contribution is -0.0470. The highest BCUT2D eigenvalue weighted by Gasteiger charge is 2.32. The first-order chi connectivity index (χ1) is 9.94. The van der Waals surface area contributed by atoms with Crippen molar-refractivity contribution in [3.05, 3.63) is 64.7 Å². The number of halogens is 3. The summed E-state index contributed by atoms with van der Waals surface area (Å²) in [6.45, 7) is 2.98. The van der Waals surface area contributed by atoms with E-state index in [2.05, 4.69) is 0 Å². The highest BCUT2D eigenvalue weighted by Crippen LogP contribution is 2.31. The van der Waals surface area contributed by atoms with Gasteiger partial charge in [-0.2, -0.15) is 8.78 Å². The maximum absolute atomic E-state index is 14.1. The Kier molecular flexibility index (Phi) is 4.84. The van der Waals surface area contributed by atoms with Crippen molar-refractivity contribution in [2.24, 2.45) is 0 Å². The van der Waals surface area contributed by atoms with E-state index >= 15 is 0 Å². The minimum atomic E-state index is -3.02. The van der Waals surface area contributed by atoms with Crippen LogP contribution in [0, 0.1) is 13.8 Å². The number of rotatable bonds is 5. The van der Waals surface area contributed by atoms with Gasteiger partial charge in [0.1, 0.15) is 5.75 Å². The Bertz CT molecular complexity index is 588. The van der Waals surface area contributed by atoms with E-state index < -0.39 is 12.5 Å². The SMILES string of the molecule is Cc1cc(CCl)cc(C)c1OCC(F)(F)c1ccccc1. The van der Waals surface area contributed by atoms with Gasteiger partial charge in [0.25, 0.3) is 0 Å². The highest BCUT2D eigenvalue weighted by atomic mass is 35.5. The van der Waals surface area contributed by atoms with Crippen LogP contribution < -0.4 is 4.74 Å². The van der Waals surface area contributed by atoms with E-state index in [9.17, 15) is 8.78 Å². The van der Waals surface area contributed by atoms with Crippen molar-refractivity contribution in [1.29, 1.82) is 0 Å². The average molecular weight is 311 g/mol. The smallest absolute Gasteiger partial charge is 0.306 e. The number of hydrogen-bond donors (Lipinski definition) is 0. The van der Waals surface area contributed by atoms with Crippen LogP contribution in [0.1, 0.15) is 22.3 Å². The van der Waals surface area contributed by atoms with Crippen LogP contribution in [-0.2, 0) is 11.8 Å². The van der Waals surface area contributed by atoms with E-state index in [4.69, 9.17) is 16.3 Å². The summed E-state index contributed by atoms with van der Waals surface area (Å²) < 4.78 is 33.6. The van der Waals surface area contributed by atoms with E-state index in [0.717, 1.165) is 16.7 Å². The standard InChI is InChI=1S/C17H17ClF2O/c1-12-8-14(10-18)9-13(2)16(12)21-11-17(19,20)15-6-4-3-5-7-15/h3-9H,10-11H2,1-2H3. The van der Waals surface area contributed by atoms with Crippen molar-refractivity contribution < 1.29 is 13.5 Å². The summed E-state index contributed by atoms with van der Waals surface area (Å²) >= 11 is 5.79. The molecule has 0 heterocycles. The van der Waals surface area contributed by atoms with Crippen LogP contribution in [0.3, 0.4) is 0 Å². The molecule has 1 nitrogen and oxygen atoms in total. The number of alkyl halides is 3. The third-order valence-corrected chi connectivity index (χ3v) is 3.58. The van der Waals surface area contributed by atoms with Gasteiger partial charge >= 0.3 is 5.92 Å². The molecular weight excluding hydrogens is 294 g/mol. The molecule has 0 N–H and O–H groups in total. The zero-order valence-electron chi connectivity index (χ0n) is 12.0. The zero-order chi connectivity index (χ0) is 15.5. The van der Waals surface area contributed by atoms with Gasteiger partial charge in [-0.05, 0) is 30.5 Å². The summed E-state index contributed by atoms with van der Waals surface area (Å²) in [6, 6.07) is 11.4. The van der Waals surface area contributed by atoms with Crippen LogP contribution in [0.25, 0.3) is 0 Å². The Morgan fingerprint density at radius 2 is 1.62 bits per heavy atom. The van der Waals surface area contributed by atoms with Crippen molar-refractivity contribution >= 4 is 11.6 Å². The molecule has 0 aliphatic heterocycles.